The molecule has 10 atom stereocenters. The van der Waals surface area contributed by atoms with E-state index in [1.807, 2.05) is 0 Å². The maximum atomic E-state index is 13.4. The largest absolute Gasteiger partial charge is 0.780 e. The number of nitrogen functional groups attached to an aromatic ring is 2. The predicted molar refractivity (Wildman–Crippen MR) is 161 cm³/mol. The maximum absolute atomic E-state index is 13.4. The zero-order valence-corrected chi connectivity index (χ0v) is 27.3. The van der Waals surface area contributed by atoms with Gasteiger partial charge in [-0.15, -0.1) is 0 Å². The molecule has 3 unspecified atom stereocenters. The van der Waals surface area contributed by atoms with E-state index in [-0.39, 0.29) is 49.1 Å². The average molecular weight is 735 g/mol. The van der Waals surface area contributed by atoms with Gasteiger partial charge in [0.2, 0.25) is 11.9 Å². The molecular formula is C22H28N10O13P2S. The number of aliphatic hydroxyl groups is 2. The van der Waals surface area contributed by atoms with Gasteiger partial charge in [-0.05, 0) is 0 Å². The van der Waals surface area contributed by atoms with Crippen molar-refractivity contribution in [3.05, 3.63) is 48.2 Å². The van der Waals surface area contributed by atoms with Crippen molar-refractivity contribution in [2.75, 3.05) is 24.7 Å². The van der Waals surface area contributed by atoms with Crippen LogP contribution in [0.5, 0.6) is 0 Å². The molecule has 7 rings (SSSR count). The van der Waals surface area contributed by atoms with Crippen LogP contribution in [0.25, 0.3) is 22.3 Å². The van der Waals surface area contributed by atoms with E-state index < -0.39 is 88.0 Å². The number of anilines is 2. The van der Waals surface area contributed by atoms with Crippen molar-refractivity contribution >= 4 is 60.6 Å². The number of aromatic amines is 2. The van der Waals surface area contributed by atoms with Crippen LogP contribution in [-0.2, 0) is 43.9 Å². The van der Waals surface area contributed by atoms with E-state index in [9.17, 15) is 34.2 Å². The first-order chi connectivity index (χ1) is 21.7. The normalized spacial score (nSPS) is 35.6. The lowest BCUT2D eigenvalue weighted by atomic mass is 10.1. The summed E-state index contributed by atoms with van der Waals surface area (Å²) < 4.78 is 48.1. The van der Waals surface area contributed by atoms with Crippen LogP contribution in [0.3, 0.4) is 0 Å². The van der Waals surface area contributed by atoms with E-state index >= 15 is 0 Å². The van der Waals surface area contributed by atoms with Gasteiger partial charge in [-0.25, -0.2) is 9.97 Å². The van der Waals surface area contributed by atoms with Crippen LogP contribution in [0.15, 0.2) is 22.2 Å². The van der Waals surface area contributed by atoms with Crippen molar-refractivity contribution in [2.24, 2.45) is 0 Å². The molecule has 8 N–H and O–H groups in total. The van der Waals surface area contributed by atoms with Crippen molar-refractivity contribution in [2.45, 2.75) is 49.1 Å². The summed E-state index contributed by atoms with van der Waals surface area (Å²) >= 11 is 5.07. The Hall–Kier alpha value is -3.48. The Morgan fingerprint density at radius 3 is 1.75 bits per heavy atom. The lowest BCUT2D eigenvalue weighted by Crippen LogP contribution is -2.39. The van der Waals surface area contributed by atoms with E-state index in [0.29, 0.717) is 0 Å². The van der Waals surface area contributed by atoms with Gasteiger partial charge in [-0.1, -0.05) is 11.8 Å². The molecule has 3 saturated heterocycles. The van der Waals surface area contributed by atoms with Crippen LogP contribution in [0.4, 0.5) is 11.9 Å². The van der Waals surface area contributed by atoms with Crippen LogP contribution in [-0.4, -0.2) is 99.1 Å². The van der Waals surface area contributed by atoms with Gasteiger partial charge in [0.15, 0.2) is 34.8 Å². The highest BCUT2D eigenvalue weighted by molar-refractivity contribution is 8.06. The van der Waals surface area contributed by atoms with Crippen LogP contribution < -0.4 is 32.4 Å². The minimum Gasteiger partial charge on any atom is -0.780 e. The van der Waals surface area contributed by atoms with Crippen molar-refractivity contribution in [3.63, 3.8) is 0 Å². The number of hydrogen-bond acceptors (Lipinski definition) is 20. The van der Waals surface area contributed by atoms with Gasteiger partial charge < -0.3 is 59.0 Å². The van der Waals surface area contributed by atoms with Crippen molar-refractivity contribution in [1.29, 1.82) is 0 Å². The van der Waals surface area contributed by atoms with Gasteiger partial charge in [0, 0.05) is 14.9 Å². The number of aromatic nitrogens is 8. The molecule has 3 aliphatic heterocycles. The summed E-state index contributed by atoms with van der Waals surface area (Å²) in [6, 6.07) is 0. The first-order valence-corrected chi connectivity index (χ1v) is 17.1. The highest BCUT2D eigenvalue weighted by Gasteiger charge is 2.51. The van der Waals surface area contributed by atoms with Crippen LogP contribution in [0.2, 0.25) is 0 Å². The Morgan fingerprint density at radius 1 is 0.833 bits per heavy atom. The maximum Gasteiger partial charge on any atom is 0.280 e. The Morgan fingerprint density at radius 2 is 1.27 bits per heavy atom. The lowest BCUT2D eigenvalue weighted by molar-refractivity contribution is -0.237. The fourth-order valence-corrected chi connectivity index (χ4v) is 7.65. The van der Waals surface area contributed by atoms with E-state index in [4.69, 9.17) is 50.8 Å². The average Bonchev–Trinajstić information content (AvgIpc) is 3.72. The second-order valence-electron chi connectivity index (χ2n) is 10.3. The van der Waals surface area contributed by atoms with Gasteiger partial charge in [0.25, 0.3) is 18.9 Å². The molecule has 0 radical (unpaired) electrons. The van der Waals surface area contributed by atoms with E-state index in [2.05, 4.69) is 29.9 Å². The van der Waals surface area contributed by atoms with Crippen molar-refractivity contribution in [3.8, 4) is 0 Å². The summed E-state index contributed by atoms with van der Waals surface area (Å²) in [5.74, 6) is -0.575. The van der Waals surface area contributed by atoms with Crippen LogP contribution in [0.1, 0.15) is 12.5 Å². The van der Waals surface area contributed by atoms with Gasteiger partial charge >= 0.3 is 0 Å². The molecule has 4 bridgehead atoms. The number of imidazole rings is 2. The van der Waals surface area contributed by atoms with Gasteiger partial charge in [-0.2, -0.15) is 9.97 Å². The summed E-state index contributed by atoms with van der Waals surface area (Å²) in [4.78, 5) is 71.5. The number of phosphoric ester groups is 1. The fraction of sp³-hybridized carbons (Fsp3) is 0.455. The minimum absolute atomic E-state index is 0. The molecule has 260 valence electrons. The molecule has 3 fully saturated rings. The lowest BCUT2D eigenvalue weighted by Gasteiger charge is -2.34. The number of nitrogens with zero attached hydrogens (tertiary/aromatic N) is 6. The van der Waals surface area contributed by atoms with Gasteiger partial charge in [-0.3, -0.25) is 33.3 Å². The van der Waals surface area contributed by atoms with E-state index in [1.165, 1.54) is 0 Å². The first-order valence-electron chi connectivity index (χ1n) is 13.1. The monoisotopic (exact) mass is 734 g/mol. The number of aliphatic hydroxyl groups excluding tert-OH is 2. The van der Waals surface area contributed by atoms with Crippen molar-refractivity contribution in [1.82, 2.24) is 39.0 Å². The zero-order chi connectivity index (χ0) is 32.7. The summed E-state index contributed by atoms with van der Waals surface area (Å²) in [5, 5.41) is 22.2. The molecule has 26 heteroatoms. The molecule has 7 heterocycles. The number of nitrogens with two attached hydrogens (primary N) is 2. The molecule has 4 aromatic rings. The third kappa shape index (κ3) is 6.22. The second-order valence-corrected chi connectivity index (χ2v) is 14.4. The number of rotatable bonds is 2. The fourth-order valence-electron chi connectivity index (χ4n) is 5.33. The number of H-pyrrole nitrogens is 2. The Balaban J connectivity index is 0.00000225. The summed E-state index contributed by atoms with van der Waals surface area (Å²) in [6.45, 7) is -6.20. The Kier molecular flexibility index (Phi) is 9.52. The van der Waals surface area contributed by atoms with Gasteiger partial charge in [0.05, 0.1) is 25.9 Å². The quantitative estimate of drug-likeness (QED) is 0.0867. The molecular weight excluding hydrogens is 706 g/mol. The molecule has 0 aliphatic carbocycles. The predicted octanol–water partition coefficient (Wildman–Crippen LogP) is -3.30. The number of fused-ring (bicyclic) bond motifs is 6. The molecule has 0 spiro atoms. The topological polar surface area (TPSA) is 338 Å². The number of nitrogens with one attached hydrogen (secondary N) is 2. The molecule has 48 heavy (non-hydrogen) atoms. The first kappa shape index (κ1) is 35.8. The molecule has 0 aromatic carbocycles. The third-order valence-corrected chi connectivity index (χ3v) is 9.88. The minimum atomic E-state index is -5.36. The SMILES string of the molecule is Nc1nc2c(ncn2C2O[C@@H]3COP(=O)([O-])O[C@@H]4[C@H](O)[C@@H](COP([O-])(=S)O[C@@H]2[C@@H]3O)O[C@H]4n2cnc3c(=O)[nH]c(N)nc32)c(=O)[nH]1.[CH3+].[CH3+]. The highest BCUT2D eigenvalue weighted by atomic mass is 32.5. The van der Waals surface area contributed by atoms with Gasteiger partial charge in [0.1, 0.15) is 43.3 Å². The summed E-state index contributed by atoms with van der Waals surface area (Å²) in [7, 11) is -5.36. The van der Waals surface area contributed by atoms with Crippen LogP contribution in [0, 0.1) is 14.9 Å². The number of ether oxygens (including phenoxy) is 2. The highest BCUT2D eigenvalue weighted by Crippen LogP contribution is 2.51. The number of phosphoric acid groups is 1. The molecule has 4 aromatic heterocycles. The zero-order valence-electron chi connectivity index (χ0n) is 24.7. The summed E-state index contributed by atoms with van der Waals surface area (Å²) in [6.07, 6.45) is -10.7. The third-order valence-electron chi connectivity index (χ3n) is 7.37. The molecule has 3 aliphatic rings. The molecule has 23 nitrogen and oxygen atoms in total. The standard InChI is InChI=1S/C20H24N10O13P2S.2CH3/c21-19-25-13-7(15(33)27-19)23-3-29(13)17-11-9(31)6(41-17)2-39-45(37,46)43-12-10(32)5(1-38-44(35,36)42-11)40-18(12)30-4-24-8-14(30)26-20(22)28-16(8)34;;/h3-6,9-12,17-18,31-32H,1-2H2,(H,35,36)(H,37,46)(H3,21,25,27,33)(H3,22,26,28,34);2*1H3/q;2*+1/p-2/t5-,6-,9-,10-,11-,12-,17-,18?,45?;;/m1../s1. The van der Waals surface area contributed by atoms with E-state index in [1.54, 1.807) is 0 Å². The Labute approximate surface area is 273 Å². The Bertz CT molecular complexity index is 1910. The number of hydrogen-bond donors (Lipinski definition) is 6. The molecule has 0 saturated carbocycles. The molecule has 0 amide bonds. The smallest absolute Gasteiger partial charge is 0.280 e. The van der Waals surface area contributed by atoms with Crippen molar-refractivity contribution < 1.29 is 52.1 Å². The second kappa shape index (κ2) is 12.8. The summed E-state index contributed by atoms with van der Waals surface area (Å²) in [5.41, 5.74) is 9.30. The van der Waals surface area contributed by atoms with Crippen LogP contribution >= 0.6 is 14.5 Å². The van der Waals surface area contributed by atoms with E-state index in [0.717, 1.165) is 21.8 Å².